The molecule has 1 aliphatic carbocycles. The van der Waals surface area contributed by atoms with Crippen molar-refractivity contribution in [1.29, 1.82) is 0 Å². The zero-order chi connectivity index (χ0) is 10.1. The number of thiocarbonyl (C=S) groups is 1. The maximum atomic E-state index is 5.34. The van der Waals surface area contributed by atoms with Crippen LogP contribution < -0.4 is 10.6 Å². The van der Waals surface area contributed by atoms with Gasteiger partial charge in [0.25, 0.3) is 0 Å². The largest absolute Gasteiger partial charge is 0.381 e. The lowest BCUT2D eigenvalue weighted by Crippen LogP contribution is -2.62. The van der Waals surface area contributed by atoms with Gasteiger partial charge in [-0.2, -0.15) is 0 Å². The molecule has 2 unspecified atom stereocenters. The van der Waals surface area contributed by atoms with Crippen molar-refractivity contribution in [1.82, 2.24) is 10.6 Å². The Labute approximate surface area is 85.2 Å². The molecule has 1 fully saturated rings. The normalized spacial score (nSPS) is 30.5. The predicted molar refractivity (Wildman–Crippen MR) is 57.8 cm³/mol. The van der Waals surface area contributed by atoms with Crippen molar-refractivity contribution >= 4 is 17.3 Å². The van der Waals surface area contributed by atoms with E-state index in [-0.39, 0.29) is 5.41 Å². The van der Waals surface area contributed by atoms with Gasteiger partial charge in [-0.05, 0) is 18.6 Å². The second kappa shape index (κ2) is 3.80. The highest BCUT2D eigenvalue weighted by Crippen LogP contribution is 2.42. The smallest absolute Gasteiger partial charge is 0.166 e. The van der Waals surface area contributed by atoms with E-state index in [0.717, 1.165) is 6.42 Å². The fraction of sp³-hybridized carbons (Fsp3) is 0.889. The lowest BCUT2D eigenvalue weighted by molar-refractivity contribution is -0.0920. The van der Waals surface area contributed by atoms with Gasteiger partial charge in [0.2, 0.25) is 0 Å². The molecule has 0 spiro atoms. The summed E-state index contributed by atoms with van der Waals surface area (Å²) < 4.78 is 5.34. The van der Waals surface area contributed by atoms with Crippen LogP contribution in [0.4, 0.5) is 0 Å². The van der Waals surface area contributed by atoms with Gasteiger partial charge < -0.3 is 15.4 Å². The molecule has 3 nitrogen and oxygen atoms in total. The van der Waals surface area contributed by atoms with E-state index in [1.165, 1.54) is 0 Å². The number of rotatable bonds is 2. The molecule has 0 aromatic heterocycles. The minimum atomic E-state index is 0.176. The van der Waals surface area contributed by atoms with Crippen molar-refractivity contribution < 1.29 is 4.74 Å². The molecule has 13 heavy (non-hydrogen) atoms. The highest BCUT2D eigenvalue weighted by atomic mass is 32.1. The summed E-state index contributed by atoms with van der Waals surface area (Å²) in [6.45, 7) is 4.39. The molecule has 0 radical (unpaired) electrons. The molecule has 1 rings (SSSR count). The third-order valence-corrected chi connectivity index (χ3v) is 3.32. The molecule has 0 bridgehead atoms. The monoisotopic (exact) mass is 202 g/mol. The minimum Gasteiger partial charge on any atom is -0.381 e. The van der Waals surface area contributed by atoms with Crippen molar-refractivity contribution in [3.8, 4) is 0 Å². The third kappa shape index (κ3) is 1.94. The van der Waals surface area contributed by atoms with E-state index in [1.54, 1.807) is 7.11 Å². The standard InChI is InChI=1S/C9H18N2OS/c1-9(2)6(5-7(9)12-4)11-8(13)10-3/h6-7H,5H2,1-4H3,(H2,10,11,13). The van der Waals surface area contributed by atoms with Gasteiger partial charge >= 0.3 is 0 Å². The maximum absolute atomic E-state index is 5.34. The van der Waals surface area contributed by atoms with E-state index in [0.29, 0.717) is 17.3 Å². The lowest BCUT2D eigenvalue weighted by atomic mass is 9.64. The molecule has 2 N–H and O–H groups in total. The van der Waals surface area contributed by atoms with Gasteiger partial charge in [-0.1, -0.05) is 13.8 Å². The van der Waals surface area contributed by atoms with Crippen LogP contribution in [0, 0.1) is 5.41 Å². The second-order valence-corrected chi connectivity index (χ2v) is 4.47. The Morgan fingerprint density at radius 1 is 1.54 bits per heavy atom. The molecule has 2 atom stereocenters. The first-order valence-electron chi connectivity index (χ1n) is 4.53. The summed E-state index contributed by atoms with van der Waals surface area (Å²) in [5.74, 6) is 0. The Morgan fingerprint density at radius 3 is 2.54 bits per heavy atom. The van der Waals surface area contributed by atoms with E-state index in [2.05, 4.69) is 24.5 Å². The lowest BCUT2D eigenvalue weighted by Gasteiger charge is -2.51. The second-order valence-electron chi connectivity index (χ2n) is 4.06. The van der Waals surface area contributed by atoms with Crippen LogP contribution in [-0.2, 0) is 4.74 Å². The Kier molecular flexibility index (Phi) is 3.14. The van der Waals surface area contributed by atoms with E-state index >= 15 is 0 Å². The number of hydrogen-bond acceptors (Lipinski definition) is 2. The van der Waals surface area contributed by atoms with Crippen LogP contribution in [0.3, 0.4) is 0 Å². The SMILES string of the molecule is CNC(=S)NC1CC(OC)C1(C)C. The van der Waals surface area contributed by atoms with Gasteiger partial charge in [0.1, 0.15) is 0 Å². The van der Waals surface area contributed by atoms with Crippen molar-refractivity contribution in [2.75, 3.05) is 14.2 Å². The Bertz CT molecular complexity index is 206. The fourth-order valence-electron chi connectivity index (χ4n) is 1.76. The highest BCUT2D eigenvalue weighted by Gasteiger charge is 2.48. The molecule has 1 aliphatic rings. The van der Waals surface area contributed by atoms with Gasteiger partial charge in [-0.15, -0.1) is 0 Å². The Morgan fingerprint density at radius 2 is 2.15 bits per heavy atom. The van der Waals surface area contributed by atoms with Crippen molar-refractivity contribution in [2.45, 2.75) is 32.4 Å². The molecule has 1 saturated carbocycles. The average molecular weight is 202 g/mol. The van der Waals surface area contributed by atoms with Crippen molar-refractivity contribution in [3.05, 3.63) is 0 Å². The summed E-state index contributed by atoms with van der Waals surface area (Å²) in [5.41, 5.74) is 0.176. The third-order valence-electron chi connectivity index (χ3n) is 2.99. The zero-order valence-electron chi connectivity index (χ0n) is 8.68. The van der Waals surface area contributed by atoms with Gasteiger partial charge in [0.15, 0.2) is 5.11 Å². The maximum Gasteiger partial charge on any atom is 0.166 e. The summed E-state index contributed by atoms with van der Waals surface area (Å²) >= 11 is 5.05. The number of methoxy groups -OCH3 is 1. The first-order chi connectivity index (χ1) is 6.02. The van der Waals surface area contributed by atoms with Crippen LogP contribution in [0.15, 0.2) is 0 Å². The van der Waals surface area contributed by atoms with E-state index in [4.69, 9.17) is 17.0 Å². The molecule has 0 aromatic rings. The van der Waals surface area contributed by atoms with E-state index in [9.17, 15) is 0 Å². The van der Waals surface area contributed by atoms with Gasteiger partial charge in [0, 0.05) is 25.6 Å². The van der Waals surface area contributed by atoms with Crippen molar-refractivity contribution in [3.63, 3.8) is 0 Å². The average Bonchev–Trinajstić information content (AvgIpc) is 2.10. The summed E-state index contributed by atoms with van der Waals surface area (Å²) in [7, 11) is 3.59. The first kappa shape index (κ1) is 10.7. The topological polar surface area (TPSA) is 33.3 Å². The van der Waals surface area contributed by atoms with Crippen LogP contribution >= 0.6 is 12.2 Å². The van der Waals surface area contributed by atoms with Gasteiger partial charge in [-0.25, -0.2) is 0 Å². The van der Waals surface area contributed by atoms with Gasteiger partial charge in [0.05, 0.1) is 6.10 Å². The van der Waals surface area contributed by atoms with Crippen molar-refractivity contribution in [2.24, 2.45) is 5.41 Å². The van der Waals surface area contributed by atoms with Crippen LogP contribution in [0.1, 0.15) is 20.3 Å². The molecular weight excluding hydrogens is 184 g/mol. The summed E-state index contributed by atoms with van der Waals surface area (Å²) in [5, 5.41) is 6.89. The first-order valence-corrected chi connectivity index (χ1v) is 4.94. The van der Waals surface area contributed by atoms with Crippen LogP contribution in [0.5, 0.6) is 0 Å². The number of ether oxygens (including phenoxy) is 1. The quantitative estimate of drug-likeness (QED) is 0.652. The summed E-state index contributed by atoms with van der Waals surface area (Å²) in [4.78, 5) is 0. The molecule has 0 saturated heterocycles. The van der Waals surface area contributed by atoms with E-state index in [1.807, 2.05) is 7.05 Å². The Balaban J connectivity index is 2.44. The zero-order valence-corrected chi connectivity index (χ0v) is 9.49. The molecule has 0 aliphatic heterocycles. The summed E-state index contributed by atoms with van der Waals surface area (Å²) in [6, 6.07) is 0.428. The molecule has 4 heteroatoms. The highest BCUT2D eigenvalue weighted by molar-refractivity contribution is 7.80. The predicted octanol–water partition coefficient (Wildman–Crippen LogP) is 0.894. The minimum absolute atomic E-state index is 0.176. The summed E-state index contributed by atoms with van der Waals surface area (Å²) in [6.07, 6.45) is 1.38. The molecular formula is C9H18N2OS. The Hall–Kier alpha value is -0.350. The number of nitrogens with one attached hydrogen (secondary N) is 2. The van der Waals surface area contributed by atoms with Crippen LogP contribution in [-0.4, -0.2) is 31.4 Å². The molecule has 0 heterocycles. The van der Waals surface area contributed by atoms with Gasteiger partial charge in [-0.3, -0.25) is 0 Å². The van der Waals surface area contributed by atoms with E-state index < -0.39 is 0 Å². The number of hydrogen-bond donors (Lipinski definition) is 2. The fourth-order valence-corrected chi connectivity index (χ4v) is 1.90. The van der Waals surface area contributed by atoms with Crippen LogP contribution in [0.25, 0.3) is 0 Å². The molecule has 76 valence electrons. The molecule has 0 amide bonds. The molecule has 0 aromatic carbocycles. The van der Waals surface area contributed by atoms with Crippen LogP contribution in [0.2, 0.25) is 0 Å².